The summed E-state index contributed by atoms with van der Waals surface area (Å²) >= 11 is 0. The molecule has 6 nitrogen and oxygen atoms in total. The van der Waals surface area contributed by atoms with Gasteiger partial charge in [-0.05, 0) is 31.0 Å². The molecule has 0 atom stereocenters. The average molecular weight is 368 g/mol. The standard InChI is InChI=1S/C15H18N4.C2HF3O2/c1-12-14-5-8-19(9-6-15(14)18-11-17-12)10-13-4-2-3-7-16-13;3-2(4,5)1(6)7/h2-4,7,11H,5-6,8-10H2,1H3;(H,6,7). The van der Waals surface area contributed by atoms with Crippen molar-refractivity contribution < 1.29 is 23.1 Å². The molecule has 1 aliphatic heterocycles. The molecule has 0 spiro atoms. The summed E-state index contributed by atoms with van der Waals surface area (Å²) in [5.74, 6) is -2.76. The SMILES string of the molecule is Cc1ncnc2c1CCN(Cc1ccccn1)CC2.O=C(O)C(F)(F)F. The molecule has 3 heterocycles. The lowest BCUT2D eigenvalue weighted by Crippen LogP contribution is -2.26. The van der Waals surface area contributed by atoms with E-state index in [4.69, 9.17) is 9.90 Å². The van der Waals surface area contributed by atoms with Crippen LogP contribution in [0.25, 0.3) is 0 Å². The van der Waals surface area contributed by atoms with Crippen molar-refractivity contribution in [2.45, 2.75) is 32.5 Å². The fourth-order valence-corrected chi connectivity index (χ4v) is 2.62. The molecule has 1 aliphatic rings. The molecule has 0 saturated carbocycles. The molecular formula is C17H19F3N4O2. The molecule has 3 rings (SSSR count). The smallest absolute Gasteiger partial charge is 0.475 e. The normalized spacial score (nSPS) is 14.6. The lowest BCUT2D eigenvalue weighted by molar-refractivity contribution is -0.192. The van der Waals surface area contributed by atoms with Crippen LogP contribution in [-0.2, 0) is 24.2 Å². The number of hydrogen-bond acceptors (Lipinski definition) is 5. The van der Waals surface area contributed by atoms with Crippen LogP contribution in [0.5, 0.6) is 0 Å². The van der Waals surface area contributed by atoms with Crippen LogP contribution < -0.4 is 0 Å². The van der Waals surface area contributed by atoms with E-state index in [1.165, 1.54) is 11.3 Å². The quantitative estimate of drug-likeness (QED) is 0.877. The largest absolute Gasteiger partial charge is 0.490 e. The van der Waals surface area contributed by atoms with Crippen molar-refractivity contribution in [3.8, 4) is 0 Å². The Bertz CT molecular complexity index is 739. The van der Waals surface area contributed by atoms with E-state index in [2.05, 4.69) is 32.8 Å². The van der Waals surface area contributed by atoms with E-state index in [0.29, 0.717) is 0 Å². The molecule has 140 valence electrons. The number of rotatable bonds is 2. The maximum Gasteiger partial charge on any atom is 0.490 e. The molecule has 0 fully saturated rings. The highest BCUT2D eigenvalue weighted by Crippen LogP contribution is 2.17. The van der Waals surface area contributed by atoms with Gasteiger partial charge < -0.3 is 5.11 Å². The zero-order valence-electron chi connectivity index (χ0n) is 14.2. The summed E-state index contributed by atoms with van der Waals surface area (Å²) in [7, 11) is 0. The number of aliphatic carboxylic acids is 1. The summed E-state index contributed by atoms with van der Waals surface area (Å²) < 4.78 is 31.7. The molecule has 0 unspecified atom stereocenters. The van der Waals surface area contributed by atoms with E-state index in [1.54, 1.807) is 6.33 Å². The van der Waals surface area contributed by atoms with Crippen LogP contribution >= 0.6 is 0 Å². The number of pyridine rings is 1. The van der Waals surface area contributed by atoms with Gasteiger partial charge in [-0.1, -0.05) is 6.07 Å². The molecule has 0 aromatic carbocycles. The highest BCUT2D eigenvalue weighted by molar-refractivity contribution is 5.73. The molecule has 1 N–H and O–H groups in total. The minimum absolute atomic E-state index is 0.918. The van der Waals surface area contributed by atoms with Crippen LogP contribution in [0.3, 0.4) is 0 Å². The van der Waals surface area contributed by atoms with Gasteiger partial charge in [0.15, 0.2) is 0 Å². The summed E-state index contributed by atoms with van der Waals surface area (Å²) in [6.07, 6.45) is 0.500. The van der Waals surface area contributed by atoms with Crippen molar-refractivity contribution in [3.05, 3.63) is 53.4 Å². The van der Waals surface area contributed by atoms with Gasteiger partial charge in [0.25, 0.3) is 0 Å². The Hall–Kier alpha value is -2.55. The van der Waals surface area contributed by atoms with Crippen LogP contribution in [0, 0.1) is 6.92 Å². The van der Waals surface area contributed by atoms with E-state index in [-0.39, 0.29) is 0 Å². The van der Waals surface area contributed by atoms with Gasteiger partial charge in [-0.25, -0.2) is 14.8 Å². The topological polar surface area (TPSA) is 79.2 Å². The molecule has 2 aromatic heterocycles. The Morgan fingerprint density at radius 3 is 2.50 bits per heavy atom. The van der Waals surface area contributed by atoms with Crippen LogP contribution in [0.4, 0.5) is 13.2 Å². The number of nitrogens with zero attached hydrogens (tertiary/aromatic N) is 4. The maximum absolute atomic E-state index is 10.6. The number of aromatic nitrogens is 3. The molecule has 0 aliphatic carbocycles. The number of halogens is 3. The van der Waals surface area contributed by atoms with Gasteiger partial charge in [0.05, 0.1) is 5.69 Å². The summed E-state index contributed by atoms with van der Waals surface area (Å²) in [5.41, 5.74) is 4.82. The van der Waals surface area contributed by atoms with Gasteiger partial charge in [-0.3, -0.25) is 9.88 Å². The average Bonchev–Trinajstić information content (AvgIpc) is 2.79. The number of aryl methyl sites for hydroxylation is 1. The van der Waals surface area contributed by atoms with Crippen LogP contribution in [0.15, 0.2) is 30.7 Å². The summed E-state index contributed by atoms with van der Waals surface area (Å²) in [6, 6.07) is 6.09. The number of alkyl halides is 3. The zero-order valence-corrected chi connectivity index (χ0v) is 14.2. The number of carboxylic acid groups (broad SMARTS) is 1. The van der Waals surface area contributed by atoms with E-state index in [0.717, 1.165) is 43.9 Å². The van der Waals surface area contributed by atoms with Gasteiger partial charge in [0, 0.05) is 43.6 Å². The minimum atomic E-state index is -5.08. The second kappa shape index (κ2) is 8.70. The predicted octanol–water partition coefficient (Wildman–Crippen LogP) is 2.41. The Morgan fingerprint density at radius 2 is 1.88 bits per heavy atom. The van der Waals surface area contributed by atoms with Gasteiger partial charge in [0.1, 0.15) is 6.33 Å². The second-order valence-electron chi connectivity index (χ2n) is 5.78. The predicted molar refractivity (Wildman–Crippen MR) is 87.4 cm³/mol. The number of carbonyl (C=O) groups is 1. The third-order valence-corrected chi connectivity index (χ3v) is 3.95. The molecule has 0 amide bonds. The van der Waals surface area contributed by atoms with Gasteiger partial charge in [0.2, 0.25) is 0 Å². The van der Waals surface area contributed by atoms with Crippen molar-refractivity contribution >= 4 is 5.97 Å². The van der Waals surface area contributed by atoms with Gasteiger partial charge in [-0.15, -0.1) is 0 Å². The van der Waals surface area contributed by atoms with E-state index in [9.17, 15) is 13.2 Å². The second-order valence-corrected chi connectivity index (χ2v) is 5.78. The molecule has 0 radical (unpaired) electrons. The third-order valence-electron chi connectivity index (χ3n) is 3.95. The number of carboxylic acids is 1. The van der Waals surface area contributed by atoms with Crippen molar-refractivity contribution in [2.24, 2.45) is 0 Å². The summed E-state index contributed by atoms with van der Waals surface area (Å²) in [5, 5.41) is 7.12. The molecule has 0 saturated heterocycles. The Balaban J connectivity index is 0.000000298. The summed E-state index contributed by atoms with van der Waals surface area (Å²) in [4.78, 5) is 24.5. The zero-order chi connectivity index (χ0) is 19.2. The highest BCUT2D eigenvalue weighted by Gasteiger charge is 2.38. The van der Waals surface area contributed by atoms with Crippen LogP contribution in [0.1, 0.15) is 22.6 Å². The molecule has 26 heavy (non-hydrogen) atoms. The van der Waals surface area contributed by atoms with Crippen LogP contribution in [0.2, 0.25) is 0 Å². The minimum Gasteiger partial charge on any atom is -0.475 e. The summed E-state index contributed by atoms with van der Waals surface area (Å²) in [6.45, 7) is 5.09. The third kappa shape index (κ3) is 5.76. The first-order valence-electron chi connectivity index (χ1n) is 7.99. The number of fused-ring (bicyclic) bond motifs is 1. The van der Waals surface area contributed by atoms with Crippen molar-refractivity contribution in [1.82, 2.24) is 19.9 Å². The Morgan fingerprint density at radius 1 is 1.19 bits per heavy atom. The maximum atomic E-state index is 10.6. The first-order chi connectivity index (χ1) is 12.3. The van der Waals surface area contributed by atoms with Crippen molar-refractivity contribution in [3.63, 3.8) is 0 Å². The van der Waals surface area contributed by atoms with Crippen molar-refractivity contribution in [1.29, 1.82) is 0 Å². The Labute approximate surface area is 148 Å². The molecular weight excluding hydrogens is 349 g/mol. The van der Waals surface area contributed by atoms with Gasteiger partial charge in [-0.2, -0.15) is 13.2 Å². The molecule has 2 aromatic rings. The molecule has 0 bridgehead atoms. The van der Waals surface area contributed by atoms with E-state index >= 15 is 0 Å². The fraction of sp³-hybridized carbons (Fsp3) is 0.412. The van der Waals surface area contributed by atoms with Crippen molar-refractivity contribution in [2.75, 3.05) is 13.1 Å². The monoisotopic (exact) mass is 368 g/mol. The first-order valence-corrected chi connectivity index (χ1v) is 7.99. The number of hydrogen-bond donors (Lipinski definition) is 1. The van der Waals surface area contributed by atoms with Crippen LogP contribution in [-0.4, -0.2) is 50.2 Å². The van der Waals surface area contributed by atoms with E-state index < -0.39 is 12.1 Å². The first kappa shape index (κ1) is 19.8. The lowest BCUT2D eigenvalue weighted by Gasteiger charge is -2.18. The lowest BCUT2D eigenvalue weighted by atomic mass is 10.1. The fourth-order valence-electron chi connectivity index (χ4n) is 2.62. The Kier molecular flexibility index (Phi) is 6.62. The van der Waals surface area contributed by atoms with Gasteiger partial charge >= 0.3 is 12.1 Å². The molecule has 9 heteroatoms. The van der Waals surface area contributed by atoms with E-state index in [1.807, 2.05) is 18.3 Å². The highest BCUT2D eigenvalue weighted by atomic mass is 19.4.